The average Bonchev–Trinajstić information content (AvgIpc) is 3.34. The van der Waals surface area contributed by atoms with Crippen molar-refractivity contribution in [1.29, 1.82) is 0 Å². The summed E-state index contributed by atoms with van der Waals surface area (Å²) >= 11 is 0. The van der Waals surface area contributed by atoms with Gasteiger partial charge in [-0.1, -0.05) is 116 Å². The molecule has 1 heterocycles. The number of para-hydroxylation sites is 1. The lowest BCUT2D eigenvalue weighted by Gasteiger charge is -2.11. The van der Waals surface area contributed by atoms with Gasteiger partial charge >= 0.3 is 0 Å². The molecule has 0 saturated carbocycles. The molecule has 0 unspecified atom stereocenters. The summed E-state index contributed by atoms with van der Waals surface area (Å²) in [6, 6.07) is 26.3. The minimum absolute atomic E-state index is 0.802. The van der Waals surface area contributed by atoms with Crippen molar-refractivity contribution in [3.8, 4) is 16.8 Å². The van der Waals surface area contributed by atoms with E-state index in [4.69, 9.17) is 4.99 Å². The molecule has 0 aliphatic heterocycles. The third-order valence-electron chi connectivity index (χ3n) is 8.66. The van der Waals surface area contributed by atoms with Gasteiger partial charge in [-0.25, -0.2) is 4.99 Å². The van der Waals surface area contributed by atoms with Crippen LogP contribution in [0.25, 0.3) is 45.9 Å². The number of amidine groups is 1. The summed E-state index contributed by atoms with van der Waals surface area (Å²) in [4.78, 5) is 9.68. The fourth-order valence-electron chi connectivity index (χ4n) is 6.18. The number of nitrogens with zero attached hydrogens (tertiary/aromatic N) is 3. The van der Waals surface area contributed by atoms with Crippen molar-refractivity contribution in [1.82, 2.24) is 4.57 Å². The summed E-state index contributed by atoms with van der Waals surface area (Å²) in [5.41, 5.74) is 11.6. The van der Waals surface area contributed by atoms with Gasteiger partial charge in [-0.05, 0) is 103 Å². The highest BCUT2D eigenvalue weighted by Crippen LogP contribution is 2.34. The first kappa shape index (κ1) is 31.7. The van der Waals surface area contributed by atoms with E-state index < -0.39 is 0 Å². The van der Waals surface area contributed by atoms with Crippen molar-refractivity contribution in [2.75, 3.05) is 7.05 Å². The highest BCUT2D eigenvalue weighted by atomic mass is 15.0. The molecule has 0 saturated heterocycles. The molecule has 234 valence electrons. The van der Waals surface area contributed by atoms with E-state index in [9.17, 15) is 0 Å². The van der Waals surface area contributed by atoms with Gasteiger partial charge in [-0.15, -0.1) is 0 Å². The van der Waals surface area contributed by atoms with E-state index >= 15 is 0 Å². The largest absolute Gasteiger partial charge is 0.309 e. The predicted molar refractivity (Wildman–Crippen MR) is 205 cm³/mol. The first-order chi connectivity index (χ1) is 23.2. The fourth-order valence-corrected chi connectivity index (χ4v) is 6.18. The number of aromatic nitrogens is 1. The van der Waals surface area contributed by atoms with Gasteiger partial charge in [0.25, 0.3) is 0 Å². The van der Waals surface area contributed by atoms with E-state index in [-0.39, 0.29) is 0 Å². The van der Waals surface area contributed by atoms with Crippen molar-refractivity contribution < 1.29 is 0 Å². The van der Waals surface area contributed by atoms with Gasteiger partial charge in [0, 0.05) is 23.7 Å². The number of allylic oxidation sites excluding steroid dienone is 10. The first-order valence-electron chi connectivity index (χ1n) is 16.8. The Morgan fingerprint density at radius 1 is 0.915 bits per heavy atom. The zero-order chi connectivity index (χ0) is 32.4. The van der Waals surface area contributed by atoms with Crippen LogP contribution >= 0.6 is 0 Å². The molecular formula is C44H43N3. The summed E-state index contributed by atoms with van der Waals surface area (Å²) in [7, 11) is 1.84. The minimum Gasteiger partial charge on any atom is -0.309 e. The Bertz CT molecular complexity index is 2010. The van der Waals surface area contributed by atoms with E-state index in [1.807, 2.05) is 7.05 Å². The van der Waals surface area contributed by atoms with Gasteiger partial charge in [-0.2, -0.15) is 0 Å². The molecule has 0 fully saturated rings. The van der Waals surface area contributed by atoms with Crippen LogP contribution in [0.1, 0.15) is 62.8 Å². The molecule has 0 atom stereocenters. The maximum atomic E-state index is 5.09. The van der Waals surface area contributed by atoms with Crippen LogP contribution in [0.3, 0.4) is 0 Å². The summed E-state index contributed by atoms with van der Waals surface area (Å²) in [5, 5.41) is 1.28. The molecule has 2 aliphatic carbocycles. The first-order valence-corrected chi connectivity index (χ1v) is 16.8. The van der Waals surface area contributed by atoms with Crippen LogP contribution in [0.4, 0.5) is 0 Å². The Balaban J connectivity index is 1.30. The van der Waals surface area contributed by atoms with Crippen molar-refractivity contribution in [3.63, 3.8) is 0 Å². The van der Waals surface area contributed by atoms with Crippen LogP contribution in [-0.2, 0) is 0 Å². The lowest BCUT2D eigenvalue weighted by atomic mass is 10.0. The molecule has 0 bridgehead atoms. The van der Waals surface area contributed by atoms with Crippen molar-refractivity contribution >= 4 is 40.7 Å². The minimum atomic E-state index is 0.802. The highest BCUT2D eigenvalue weighted by molar-refractivity contribution is 6.17. The number of fused-ring (bicyclic) bond motifs is 3. The van der Waals surface area contributed by atoms with E-state index in [0.717, 1.165) is 60.5 Å². The molecule has 0 amide bonds. The van der Waals surface area contributed by atoms with Gasteiger partial charge in [0.2, 0.25) is 0 Å². The van der Waals surface area contributed by atoms with Crippen molar-refractivity contribution in [2.24, 2.45) is 9.98 Å². The van der Waals surface area contributed by atoms with Crippen LogP contribution in [0, 0.1) is 0 Å². The van der Waals surface area contributed by atoms with E-state index in [1.165, 1.54) is 38.9 Å². The molecule has 2 aliphatic rings. The van der Waals surface area contributed by atoms with Crippen molar-refractivity contribution in [2.45, 2.75) is 46.0 Å². The number of rotatable bonds is 8. The quantitative estimate of drug-likeness (QED) is 0.107. The molecule has 0 N–H and O–H groups in total. The maximum Gasteiger partial charge on any atom is 0.150 e. The van der Waals surface area contributed by atoms with E-state index in [0.29, 0.717) is 0 Å². The second-order valence-corrected chi connectivity index (χ2v) is 11.9. The standard InChI is InChI=1S/C44H43N3/c1-4-5-9-17-33(2)41(46-44(45-3)36-19-10-6-7-11-20-36)31-26-34-18-16-21-37(32-34)35-27-29-38(30-28-35)47-42-24-13-8-12-22-39(42)40-23-14-15-25-43(40)47/h5-6,9-10,12-19,21-32H,4,7-8,11,20H2,1-3H3/b9-5-,31-26+,33-17+,45-44?,46-41?. The molecule has 4 aromatic rings. The second-order valence-electron chi connectivity index (χ2n) is 11.9. The van der Waals surface area contributed by atoms with Crippen molar-refractivity contribution in [3.05, 3.63) is 155 Å². The van der Waals surface area contributed by atoms with Crippen LogP contribution < -0.4 is 0 Å². The van der Waals surface area contributed by atoms with Gasteiger partial charge < -0.3 is 4.57 Å². The van der Waals surface area contributed by atoms with Gasteiger partial charge in [0.1, 0.15) is 0 Å². The molecular weight excluding hydrogens is 571 g/mol. The lowest BCUT2D eigenvalue weighted by Crippen LogP contribution is -2.06. The average molecular weight is 614 g/mol. The summed E-state index contributed by atoms with van der Waals surface area (Å²) in [6.07, 6.45) is 31.3. The number of benzene rings is 3. The molecule has 1 aromatic heterocycles. The smallest absolute Gasteiger partial charge is 0.150 e. The van der Waals surface area contributed by atoms with E-state index in [1.54, 1.807) is 0 Å². The summed E-state index contributed by atoms with van der Waals surface area (Å²) < 4.78 is 2.38. The topological polar surface area (TPSA) is 29.6 Å². The fraction of sp³-hybridized carbons (Fsp3) is 0.182. The van der Waals surface area contributed by atoms with Crippen LogP contribution in [0.15, 0.2) is 149 Å². The monoisotopic (exact) mass is 613 g/mol. The van der Waals surface area contributed by atoms with Crippen LogP contribution in [-0.4, -0.2) is 23.2 Å². The molecule has 6 rings (SSSR count). The zero-order valence-corrected chi connectivity index (χ0v) is 27.7. The molecule has 47 heavy (non-hydrogen) atoms. The highest BCUT2D eigenvalue weighted by Gasteiger charge is 2.16. The Morgan fingerprint density at radius 3 is 2.62 bits per heavy atom. The van der Waals surface area contributed by atoms with Gasteiger partial charge in [0.05, 0.1) is 16.9 Å². The molecule has 0 radical (unpaired) electrons. The SMILES string of the molecule is CC/C=C\C=C(/C)C(/C=C/c1cccc(-c2ccc(-n3c4c(c5ccccc53)C=CCC=C4)cc2)c1)=NC(=NC)C1=CC=CCCC1. The van der Waals surface area contributed by atoms with Gasteiger partial charge in [-0.3, -0.25) is 4.99 Å². The normalized spacial score (nSPS) is 15.8. The maximum absolute atomic E-state index is 5.09. The Labute approximate surface area is 279 Å². The van der Waals surface area contributed by atoms with Crippen LogP contribution in [0.2, 0.25) is 0 Å². The van der Waals surface area contributed by atoms with Crippen LogP contribution in [0.5, 0.6) is 0 Å². The number of aliphatic imine (C=N–C) groups is 2. The van der Waals surface area contributed by atoms with Gasteiger partial charge in [0.15, 0.2) is 5.84 Å². The molecule has 0 spiro atoms. The lowest BCUT2D eigenvalue weighted by molar-refractivity contribution is 0.859. The number of hydrogen-bond acceptors (Lipinski definition) is 1. The number of hydrogen-bond donors (Lipinski definition) is 0. The molecule has 3 nitrogen and oxygen atoms in total. The Morgan fingerprint density at radius 2 is 1.77 bits per heavy atom. The predicted octanol–water partition coefficient (Wildman–Crippen LogP) is 11.8. The third-order valence-corrected chi connectivity index (χ3v) is 8.66. The molecule has 3 heteroatoms. The Hall–Kier alpha value is -5.28. The summed E-state index contributed by atoms with van der Waals surface area (Å²) in [6.45, 7) is 4.27. The third kappa shape index (κ3) is 7.42. The second kappa shape index (κ2) is 15.3. The summed E-state index contributed by atoms with van der Waals surface area (Å²) in [5.74, 6) is 0.802. The molecule has 3 aromatic carbocycles. The van der Waals surface area contributed by atoms with E-state index in [2.05, 4.69) is 169 Å². The zero-order valence-electron chi connectivity index (χ0n) is 27.7. The Kier molecular flexibility index (Phi) is 10.3.